The van der Waals surface area contributed by atoms with E-state index in [9.17, 15) is 14.4 Å². The summed E-state index contributed by atoms with van der Waals surface area (Å²) in [5, 5.41) is 2.83. The number of nitrogens with zero attached hydrogens (tertiary/aromatic N) is 2. The molecule has 0 unspecified atom stereocenters. The van der Waals surface area contributed by atoms with Crippen molar-refractivity contribution in [3.63, 3.8) is 0 Å². The number of carbonyl (C=O) groups excluding carboxylic acids is 3. The molecule has 178 valence electrons. The van der Waals surface area contributed by atoms with Crippen LogP contribution in [0.15, 0.2) is 78.9 Å². The normalized spacial score (nSPS) is 17.6. The zero-order chi connectivity index (χ0) is 24.2. The van der Waals surface area contributed by atoms with Crippen LogP contribution >= 0.6 is 11.8 Å². The number of para-hydroxylation sites is 1. The highest BCUT2D eigenvalue weighted by atomic mass is 32.2. The van der Waals surface area contributed by atoms with Crippen molar-refractivity contribution in [2.45, 2.75) is 24.8 Å². The van der Waals surface area contributed by atoms with E-state index in [0.717, 1.165) is 37.1 Å². The van der Waals surface area contributed by atoms with Crippen LogP contribution in [0.2, 0.25) is 0 Å². The summed E-state index contributed by atoms with van der Waals surface area (Å²) >= 11 is 1.60. The number of hydrogen-bond donors (Lipinski definition) is 1. The molecule has 3 amide bonds. The summed E-state index contributed by atoms with van der Waals surface area (Å²) in [4.78, 5) is 42.2. The average Bonchev–Trinajstić information content (AvgIpc) is 3.56. The van der Waals surface area contributed by atoms with E-state index < -0.39 is 0 Å². The van der Waals surface area contributed by atoms with E-state index in [1.807, 2.05) is 64.4 Å². The molecule has 2 aliphatic rings. The van der Waals surface area contributed by atoms with Crippen LogP contribution in [0, 0.1) is 0 Å². The molecule has 2 aliphatic heterocycles. The highest BCUT2D eigenvalue weighted by Crippen LogP contribution is 2.39. The molecule has 2 saturated heterocycles. The van der Waals surface area contributed by atoms with Crippen LogP contribution in [0.3, 0.4) is 0 Å². The Morgan fingerprint density at radius 3 is 2.31 bits per heavy atom. The Hall–Kier alpha value is -3.58. The lowest BCUT2D eigenvalue weighted by atomic mass is 10.1. The molecule has 3 aromatic rings. The standard InChI is InChI=1S/C28H27N3O3S/c32-25-19-35-28(31(25)18-20-8-2-1-3-9-20)22-14-12-21(13-15-22)26(33)29-24-11-5-4-10-23(24)27(34)30-16-6-7-17-30/h1-5,8-15,28H,6-7,16-19H2,(H,29,33)/t28-/m1/s1. The maximum Gasteiger partial charge on any atom is 0.255 e. The van der Waals surface area contributed by atoms with Gasteiger partial charge in [0.2, 0.25) is 5.91 Å². The molecular weight excluding hydrogens is 458 g/mol. The van der Waals surface area contributed by atoms with E-state index >= 15 is 0 Å². The van der Waals surface area contributed by atoms with Crippen molar-refractivity contribution in [1.29, 1.82) is 0 Å². The molecule has 2 heterocycles. The molecule has 7 heteroatoms. The van der Waals surface area contributed by atoms with Gasteiger partial charge in [0, 0.05) is 25.2 Å². The third-order valence-corrected chi connectivity index (χ3v) is 7.68. The van der Waals surface area contributed by atoms with Gasteiger partial charge >= 0.3 is 0 Å². The van der Waals surface area contributed by atoms with Crippen molar-refractivity contribution < 1.29 is 14.4 Å². The third kappa shape index (κ3) is 5.10. The molecule has 3 aromatic carbocycles. The number of thioether (sulfide) groups is 1. The third-order valence-electron chi connectivity index (χ3n) is 6.42. The Kier molecular flexibility index (Phi) is 6.86. The van der Waals surface area contributed by atoms with Gasteiger partial charge in [-0.05, 0) is 48.2 Å². The fourth-order valence-electron chi connectivity index (χ4n) is 4.54. The number of nitrogens with one attached hydrogen (secondary N) is 1. The van der Waals surface area contributed by atoms with Gasteiger partial charge < -0.3 is 15.1 Å². The van der Waals surface area contributed by atoms with Crippen LogP contribution < -0.4 is 5.32 Å². The molecule has 2 fully saturated rings. The summed E-state index contributed by atoms with van der Waals surface area (Å²) in [6.07, 6.45) is 2.03. The van der Waals surface area contributed by atoms with Crippen LogP contribution in [0.5, 0.6) is 0 Å². The second-order valence-corrected chi connectivity index (χ2v) is 9.86. The molecule has 0 bridgehead atoms. The second kappa shape index (κ2) is 10.4. The molecule has 1 atom stereocenters. The first-order chi connectivity index (χ1) is 17.1. The zero-order valence-corrected chi connectivity index (χ0v) is 20.2. The highest BCUT2D eigenvalue weighted by molar-refractivity contribution is 8.00. The van der Waals surface area contributed by atoms with E-state index in [-0.39, 0.29) is 23.1 Å². The Morgan fingerprint density at radius 2 is 1.57 bits per heavy atom. The van der Waals surface area contributed by atoms with Gasteiger partial charge in [-0.3, -0.25) is 14.4 Å². The first-order valence-electron chi connectivity index (χ1n) is 11.8. The molecule has 0 saturated carbocycles. The van der Waals surface area contributed by atoms with E-state index in [4.69, 9.17) is 0 Å². The first-order valence-corrected chi connectivity index (χ1v) is 12.9. The lowest BCUT2D eigenvalue weighted by molar-refractivity contribution is -0.128. The maximum absolute atomic E-state index is 13.0. The molecule has 0 aromatic heterocycles. The number of benzene rings is 3. The van der Waals surface area contributed by atoms with Crippen molar-refractivity contribution in [3.8, 4) is 0 Å². The monoisotopic (exact) mass is 485 g/mol. The summed E-state index contributed by atoms with van der Waals surface area (Å²) in [5.74, 6) is 0.247. The topological polar surface area (TPSA) is 69.7 Å². The smallest absolute Gasteiger partial charge is 0.255 e. The molecule has 5 rings (SSSR count). The van der Waals surface area contributed by atoms with Crippen molar-refractivity contribution in [1.82, 2.24) is 9.80 Å². The van der Waals surface area contributed by atoms with Gasteiger partial charge in [0.15, 0.2) is 0 Å². The summed E-state index contributed by atoms with van der Waals surface area (Å²) in [6, 6.07) is 24.5. The Balaban J connectivity index is 1.29. The number of hydrogen-bond acceptors (Lipinski definition) is 4. The summed E-state index contributed by atoms with van der Waals surface area (Å²) in [5.41, 5.74) is 3.60. The molecule has 0 spiro atoms. The molecule has 6 nitrogen and oxygen atoms in total. The summed E-state index contributed by atoms with van der Waals surface area (Å²) < 4.78 is 0. The van der Waals surface area contributed by atoms with Crippen LogP contribution in [0.25, 0.3) is 0 Å². The van der Waals surface area contributed by atoms with Gasteiger partial charge in [-0.25, -0.2) is 0 Å². The van der Waals surface area contributed by atoms with Crippen molar-refractivity contribution in [2.24, 2.45) is 0 Å². The lowest BCUT2D eigenvalue weighted by Crippen LogP contribution is -2.28. The molecule has 0 radical (unpaired) electrons. The minimum atomic E-state index is -0.269. The minimum absolute atomic E-state index is 0.0461. The number of likely N-dealkylation sites (tertiary alicyclic amines) is 1. The van der Waals surface area contributed by atoms with Crippen LogP contribution in [-0.4, -0.2) is 46.4 Å². The lowest BCUT2D eigenvalue weighted by Gasteiger charge is -2.24. The Labute approximate surface area is 209 Å². The number of anilines is 1. The largest absolute Gasteiger partial charge is 0.339 e. The minimum Gasteiger partial charge on any atom is -0.339 e. The van der Waals surface area contributed by atoms with Crippen LogP contribution in [0.4, 0.5) is 5.69 Å². The van der Waals surface area contributed by atoms with Crippen LogP contribution in [-0.2, 0) is 11.3 Å². The number of carbonyl (C=O) groups is 3. The van der Waals surface area contributed by atoms with Crippen molar-refractivity contribution in [2.75, 3.05) is 24.2 Å². The van der Waals surface area contributed by atoms with Gasteiger partial charge in [0.25, 0.3) is 11.8 Å². The van der Waals surface area contributed by atoms with Gasteiger partial charge in [-0.2, -0.15) is 0 Å². The van der Waals surface area contributed by atoms with Crippen LogP contribution in [0.1, 0.15) is 50.1 Å². The van der Waals surface area contributed by atoms with Gasteiger partial charge in [0.05, 0.1) is 17.0 Å². The van der Waals surface area contributed by atoms with E-state index in [0.29, 0.717) is 29.1 Å². The number of rotatable bonds is 6. The van der Waals surface area contributed by atoms with E-state index in [2.05, 4.69) is 5.32 Å². The zero-order valence-electron chi connectivity index (χ0n) is 19.4. The predicted molar refractivity (Wildman–Crippen MR) is 138 cm³/mol. The maximum atomic E-state index is 13.0. The molecule has 0 aliphatic carbocycles. The fourth-order valence-corrected chi connectivity index (χ4v) is 5.73. The van der Waals surface area contributed by atoms with E-state index in [1.165, 1.54) is 0 Å². The quantitative estimate of drug-likeness (QED) is 0.536. The highest BCUT2D eigenvalue weighted by Gasteiger charge is 2.32. The SMILES string of the molecule is O=C(Nc1ccccc1C(=O)N1CCCC1)c1ccc([C@H]2SCC(=O)N2Cc2ccccc2)cc1. The van der Waals surface area contributed by atoms with Crippen molar-refractivity contribution in [3.05, 3.63) is 101 Å². The fraction of sp³-hybridized carbons (Fsp3) is 0.250. The summed E-state index contributed by atoms with van der Waals surface area (Å²) in [7, 11) is 0. The van der Waals surface area contributed by atoms with Gasteiger partial charge in [0.1, 0.15) is 5.37 Å². The Morgan fingerprint density at radius 1 is 0.886 bits per heavy atom. The molecule has 35 heavy (non-hydrogen) atoms. The van der Waals surface area contributed by atoms with Gasteiger partial charge in [-0.15, -0.1) is 11.8 Å². The first kappa shape index (κ1) is 23.2. The van der Waals surface area contributed by atoms with E-state index in [1.54, 1.807) is 36.0 Å². The second-order valence-electron chi connectivity index (χ2n) is 8.79. The molecular formula is C28H27N3O3S. The summed E-state index contributed by atoms with van der Waals surface area (Å²) in [6.45, 7) is 2.07. The van der Waals surface area contributed by atoms with Gasteiger partial charge in [-0.1, -0.05) is 54.6 Å². The predicted octanol–water partition coefficient (Wildman–Crippen LogP) is 4.95. The Bertz CT molecular complexity index is 1220. The average molecular weight is 486 g/mol. The number of amides is 3. The van der Waals surface area contributed by atoms with Crippen molar-refractivity contribution >= 4 is 35.2 Å². The molecule has 1 N–H and O–H groups in total.